The van der Waals surface area contributed by atoms with E-state index in [1.165, 1.54) is 7.11 Å². The van der Waals surface area contributed by atoms with Crippen LogP contribution in [0.3, 0.4) is 0 Å². The second kappa shape index (κ2) is 6.65. The number of nitrogens with zero attached hydrogens (tertiary/aromatic N) is 3. The first-order valence-corrected chi connectivity index (χ1v) is 7.51. The van der Waals surface area contributed by atoms with Gasteiger partial charge in [0, 0.05) is 6.42 Å². The van der Waals surface area contributed by atoms with Crippen LogP contribution in [0.4, 0.5) is 0 Å². The Kier molecular flexibility index (Phi) is 4.89. The van der Waals surface area contributed by atoms with Crippen molar-refractivity contribution in [3.8, 4) is 5.69 Å². The molecule has 0 N–H and O–H groups in total. The van der Waals surface area contributed by atoms with Gasteiger partial charge in [0.2, 0.25) is 0 Å². The van der Waals surface area contributed by atoms with Crippen molar-refractivity contribution in [3.05, 3.63) is 41.5 Å². The normalized spacial score (nSPS) is 10.6. The van der Waals surface area contributed by atoms with Crippen LogP contribution in [-0.2, 0) is 16.5 Å². The SMILES string of the molecule is CCCc1nnc(CBr)n1-c1ccccc1C(=O)OC. The summed E-state index contributed by atoms with van der Waals surface area (Å²) in [5.74, 6) is 1.25. The lowest BCUT2D eigenvalue weighted by Gasteiger charge is -2.12. The highest BCUT2D eigenvalue weighted by molar-refractivity contribution is 9.08. The minimum atomic E-state index is -0.364. The molecule has 0 bridgehead atoms. The van der Waals surface area contributed by atoms with Crippen molar-refractivity contribution < 1.29 is 9.53 Å². The van der Waals surface area contributed by atoms with Gasteiger partial charge in [0.25, 0.3) is 0 Å². The van der Waals surface area contributed by atoms with Crippen LogP contribution in [0.5, 0.6) is 0 Å². The number of halogens is 1. The molecule has 0 aliphatic heterocycles. The zero-order valence-corrected chi connectivity index (χ0v) is 13.1. The lowest BCUT2D eigenvalue weighted by atomic mass is 10.1. The largest absolute Gasteiger partial charge is 0.465 e. The Morgan fingerprint density at radius 2 is 2.00 bits per heavy atom. The van der Waals surface area contributed by atoms with Crippen molar-refractivity contribution in [2.75, 3.05) is 7.11 Å². The van der Waals surface area contributed by atoms with Crippen LogP contribution in [0.1, 0.15) is 35.4 Å². The van der Waals surface area contributed by atoms with E-state index in [4.69, 9.17) is 4.74 Å². The number of ether oxygens (including phenoxy) is 1. The maximum atomic E-state index is 11.9. The van der Waals surface area contributed by atoms with Gasteiger partial charge in [-0.15, -0.1) is 10.2 Å². The second-order valence-electron chi connectivity index (χ2n) is 4.26. The molecule has 1 aromatic carbocycles. The van der Waals surface area contributed by atoms with Crippen molar-refractivity contribution in [3.63, 3.8) is 0 Å². The summed E-state index contributed by atoms with van der Waals surface area (Å²) in [7, 11) is 1.38. The summed E-state index contributed by atoms with van der Waals surface area (Å²) in [6.07, 6.45) is 1.76. The average Bonchev–Trinajstić information content (AvgIpc) is 2.89. The number of carbonyl (C=O) groups is 1. The standard InChI is InChI=1S/C14H16BrN3O2/c1-3-6-12-16-17-13(9-15)18(12)11-8-5-4-7-10(11)14(19)20-2/h4-5,7-8H,3,6,9H2,1-2H3. The Bertz CT molecular complexity index is 610. The van der Waals surface area contributed by atoms with Gasteiger partial charge in [-0.2, -0.15) is 0 Å². The smallest absolute Gasteiger partial charge is 0.339 e. The van der Waals surface area contributed by atoms with E-state index < -0.39 is 0 Å². The molecule has 0 saturated heterocycles. The minimum absolute atomic E-state index is 0.364. The lowest BCUT2D eigenvalue weighted by molar-refractivity contribution is 0.0600. The highest BCUT2D eigenvalue weighted by atomic mass is 79.9. The molecule has 0 saturated carbocycles. The van der Waals surface area contributed by atoms with E-state index in [1.54, 1.807) is 6.07 Å². The number of para-hydroxylation sites is 1. The summed E-state index contributed by atoms with van der Waals surface area (Å²) in [6, 6.07) is 7.32. The van der Waals surface area contributed by atoms with Crippen molar-refractivity contribution in [1.29, 1.82) is 0 Å². The quantitative estimate of drug-likeness (QED) is 0.621. The third-order valence-corrected chi connectivity index (χ3v) is 3.44. The van der Waals surface area contributed by atoms with Gasteiger partial charge in [-0.25, -0.2) is 4.79 Å². The van der Waals surface area contributed by atoms with Crippen LogP contribution in [-0.4, -0.2) is 27.8 Å². The van der Waals surface area contributed by atoms with Gasteiger partial charge >= 0.3 is 5.97 Å². The van der Waals surface area contributed by atoms with Crippen LogP contribution < -0.4 is 0 Å². The van der Waals surface area contributed by atoms with Crippen molar-refractivity contribution >= 4 is 21.9 Å². The third kappa shape index (κ3) is 2.75. The summed E-state index contributed by atoms with van der Waals surface area (Å²) in [5, 5.41) is 8.95. The number of hydrogen-bond donors (Lipinski definition) is 0. The molecule has 0 atom stereocenters. The fourth-order valence-electron chi connectivity index (χ4n) is 2.06. The van der Waals surface area contributed by atoms with Gasteiger partial charge in [0.05, 0.1) is 23.7 Å². The Hall–Kier alpha value is -1.69. The van der Waals surface area contributed by atoms with E-state index in [2.05, 4.69) is 33.1 Å². The molecule has 0 unspecified atom stereocenters. The Balaban J connectivity index is 2.61. The lowest BCUT2D eigenvalue weighted by Crippen LogP contribution is -2.11. The first-order chi connectivity index (χ1) is 9.72. The zero-order valence-electron chi connectivity index (χ0n) is 11.5. The molecule has 0 amide bonds. The molecule has 106 valence electrons. The predicted octanol–water partition coefficient (Wildman–Crippen LogP) is 2.90. The third-order valence-electron chi connectivity index (χ3n) is 2.94. The number of aryl methyl sites for hydroxylation is 1. The highest BCUT2D eigenvalue weighted by Gasteiger charge is 2.18. The van der Waals surface area contributed by atoms with Gasteiger partial charge in [-0.05, 0) is 18.6 Å². The predicted molar refractivity (Wildman–Crippen MR) is 79.3 cm³/mol. The summed E-state index contributed by atoms with van der Waals surface area (Å²) >= 11 is 3.41. The van der Waals surface area contributed by atoms with E-state index in [0.717, 1.165) is 30.2 Å². The molecule has 0 radical (unpaired) electrons. The van der Waals surface area contributed by atoms with Gasteiger partial charge < -0.3 is 4.74 Å². The Morgan fingerprint density at radius 1 is 1.30 bits per heavy atom. The summed E-state index contributed by atoms with van der Waals surface area (Å²) in [4.78, 5) is 11.9. The van der Waals surface area contributed by atoms with Crippen LogP contribution in [0.25, 0.3) is 5.69 Å². The van der Waals surface area contributed by atoms with E-state index in [0.29, 0.717) is 10.9 Å². The van der Waals surface area contributed by atoms with Crippen molar-refractivity contribution in [2.45, 2.75) is 25.1 Å². The topological polar surface area (TPSA) is 57.0 Å². The number of alkyl halides is 1. The fraction of sp³-hybridized carbons (Fsp3) is 0.357. The number of aromatic nitrogens is 3. The van der Waals surface area contributed by atoms with E-state index >= 15 is 0 Å². The fourth-order valence-corrected chi connectivity index (χ4v) is 2.42. The highest BCUT2D eigenvalue weighted by Crippen LogP contribution is 2.21. The van der Waals surface area contributed by atoms with Gasteiger partial charge in [0.15, 0.2) is 0 Å². The van der Waals surface area contributed by atoms with Crippen LogP contribution in [0.15, 0.2) is 24.3 Å². The maximum Gasteiger partial charge on any atom is 0.339 e. The molecule has 1 heterocycles. The molecule has 0 aliphatic rings. The number of carbonyl (C=O) groups excluding carboxylic acids is 1. The molecule has 0 spiro atoms. The Labute approximate surface area is 126 Å². The summed E-state index contributed by atoms with van der Waals surface area (Å²) < 4.78 is 6.76. The molecule has 0 aliphatic carbocycles. The number of esters is 1. The maximum absolute atomic E-state index is 11.9. The molecule has 1 aromatic heterocycles. The molecule has 0 fully saturated rings. The monoisotopic (exact) mass is 337 g/mol. The van der Waals surface area contributed by atoms with Crippen molar-refractivity contribution in [1.82, 2.24) is 14.8 Å². The van der Waals surface area contributed by atoms with Crippen molar-refractivity contribution in [2.24, 2.45) is 0 Å². The molecule has 2 aromatic rings. The summed E-state index contributed by atoms with van der Waals surface area (Å²) in [5.41, 5.74) is 1.26. The van der Waals surface area contributed by atoms with Gasteiger partial charge in [-0.1, -0.05) is 35.0 Å². The zero-order chi connectivity index (χ0) is 14.5. The van der Waals surface area contributed by atoms with E-state index in [9.17, 15) is 4.79 Å². The second-order valence-corrected chi connectivity index (χ2v) is 4.82. The Morgan fingerprint density at radius 3 is 2.65 bits per heavy atom. The number of benzene rings is 1. The molecular weight excluding hydrogens is 322 g/mol. The number of rotatable bonds is 5. The first kappa shape index (κ1) is 14.7. The van der Waals surface area contributed by atoms with Crippen LogP contribution >= 0.6 is 15.9 Å². The molecule has 6 heteroatoms. The van der Waals surface area contributed by atoms with E-state index in [-0.39, 0.29) is 5.97 Å². The average molecular weight is 338 g/mol. The number of hydrogen-bond acceptors (Lipinski definition) is 4. The minimum Gasteiger partial charge on any atom is -0.465 e. The molecule has 5 nitrogen and oxygen atoms in total. The van der Waals surface area contributed by atoms with Crippen LogP contribution in [0.2, 0.25) is 0 Å². The molecule has 2 rings (SSSR count). The van der Waals surface area contributed by atoms with Gasteiger partial charge in [0.1, 0.15) is 11.6 Å². The van der Waals surface area contributed by atoms with Gasteiger partial charge in [-0.3, -0.25) is 4.57 Å². The number of methoxy groups -OCH3 is 1. The summed E-state index contributed by atoms with van der Waals surface area (Å²) in [6.45, 7) is 2.08. The van der Waals surface area contributed by atoms with Crippen LogP contribution in [0, 0.1) is 0 Å². The molecule has 20 heavy (non-hydrogen) atoms. The van der Waals surface area contributed by atoms with E-state index in [1.807, 2.05) is 22.8 Å². The molecular formula is C14H16BrN3O2. The first-order valence-electron chi connectivity index (χ1n) is 6.39.